The van der Waals surface area contributed by atoms with Crippen LogP contribution in [0, 0.1) is 13.8 Å². The fourth-order valence-corrected chi connectivity index (χ4v) is 5.13. The zero-order valence-electron chi connectivity index (χ0n) is 16.3. The van der Waals surface area contributed by atoms with E-state index >= 15 is 0 Å². The maximum absolute atomic E-state index is 4.89. The molecule has 0 aliphatic heterocycles. The van der Waals surface area contributed by atoms with Crippen LogP contribution in [0.1, 0.15) is 60.9 Å². The number of benzene rings is 1. The van der Waals surface area contributed by atoms with Gasteiger partial charge in [-0.3, -0.25) is 0 Å². The Balaban J connectivity index is 1.50. The Hall–Kier alpha value is -2.01. The van der Waals surface area contributed by atoms with Gasteiger partial charge in [0.05, 0.1) is 11.4 Å². The van der Waals surface area contributed by atoms with Gasteiger partial charge in [0.25, 0.3) is 0 Å². The first kappa shape index (κ1) is 18.4. The van der Waals surface area contributed by atoms with Crippen LogP contribution in [0.3, 0.4) is 0 Å². The quantitative estimate of drug-likeness (QED) is 0.527. The number of aromatic nitrogens is 4. The molecular formula is C22H28N4S. The zero-order valence-corrected chi connectivity index (χ0v) is 17.1. The van der Waals surface area contributed by atoms with Crippen LogP contribution in [0.15, 0.2) is 47.9 Å². The fourth-order valence-electron chi connectivity index (χ4n) is 4.00. The second kappa shape index (κ2) is 8.34. The number of hydrogen-bond acceptors (Lipinski definition) is 3. The summed E-state index contributed by atoms with van der Waals surface area (Å²) in [4.78, 5) is 9.49. The highest BCUT2D eigenvalue weighted by Crippen LogP contribution is 2.35. The van der Waals surface area contributed by atoms with Crippen molar-refractivity contribution in [1.29, 1.82) is 0 Å². The summed E-state index contributed by atoms with van der Waals surface area (Å²) in [5.41, 5.74) is 3.80. The van der Waals surface area contributed by atoms with E-state index in [1.165, 1.54) is 43.4 Å². The molecule has 27 heavy (non-hydrogen) atoms. The third-order valence-electron chi connectivity index (χ3n) is 5.62. The predicted molar refractivity (Wildman–Crippen MR) is 111 cm³/mol. The van der Waals surface area contributed by atoms with E-state index in [-0.39, 0.29) is 0 Å². The molecule has 1 aliphatic carbocycles. The van der Waals surface area contributed by atoms with Crippen LogP contribution < -0.4 is 0 Å². The Morgan fingerprint density at radius 1 is 1.07 bits per heavy atom. The summed E-state index contributed by atoms with van der Waals surface area (Å²) in [6, 6.07) is 11.2. The third-order valence-corrected chi connectivity index (χ3v) is 6.57. The Morgan fingerprint density at radius 3 is 2.63 bits per heavy atom. The maximum atomic E-state index is 4.89. The highest BCUT2D eigenvalue weighted by Gasteiger charge is 2.22. The summed E-state index contributed by atoms with van der Waals surface area (Å²) in [5, 5.41) is 1.16. The van der Waals surface area contributed by atoms with Crippen molar-refractivity contribution >= 4 is 11.8 Å². The van der Waals surface area contributed by atoms with Gasteiger partial charge < -0.3 is 9.13 Å². The molecule has 3 aromatic rings. The summed E-state index contributed by atoms with van der Waals surface area (Å²) in [6.45, 7) is 5.22. The van der Waals surface area contributed by atoms with Gasteiger partial charge in [0.15, 0.2) is 5.16 Å². The van der Waals surface area contributed by atoms with Gasteiger partial charge in [-0.05, 0) is 32.3 Å². The van der Waals surface area contributed by atoms with E-state index in [1.807, 2.05) is 18.0 Å². The van der Waals surface area contributed by atoms with Crippen molar-refractivity contribution in [3.63, 3.8) is 0 Å². The first-order valence-corrected chi connectivity index (χ1v) is 10.9. The fraction of sp³-hybridized carbons (Fsp3) is 0.455. The van der Waals surface area contributed by atoms with Crippen LogP contribution in [0.4, 0.5) is 0 Å². The molecule has 0 bridgehead atoms. The van der Waals surface area contributed by atoms with Crippen LogP contribution in [0.5, 0.6) is 0 Å². The lowest BCUT2D eigenvalue weighted by atomic mass is 9.95. The molecule has 1 fully saturated rings. The molecule has 0 unspecified atom stereocenters. The van der Waals surface area contributed by atoms with Crippen LogP contribution >= 0.6 is 11.8 Å². The molecule has 1 aromatic carbocycles. The topological polar surface area (TPSA) is 35.6 Å². The minimum absolute atomic E-state index is 0.617. The minimum atomic E-state index is 0.617. The molecule has 4 nitrogen and oxygen atoms in total. The summed E-state index contributed by atoms with van der Waals surface area (Å²) in [7, 11) is 0. The Bertz CT molecular complexity index is 875. The van der Waals surface area contributed by atoms with Gasteiger partial charge in [0, 0.05) is 30.7 Å². The summed E-state index contributed by atoms with van der Waals surface area (Å²) < 4.78 is 4.75. The largest absolute Gasteiger partial charge is 0.330 e. The number of aryl methyl sites for hydroxylation is 1. The summed E-state index contributed by atoms with van der Waals surface area (Å²) in [6.07, 6.45) is 10.6. The monoisotopic (exact) mass is 380 g/mol. The van der Waals surface area contributed by atoms with E-state index in [0.717, 1.165) is 29.0 Å². The molecule has 5 heteroatoms. The van der Waals surface area contributed by atoms with Crippen LogP contribution in [-0.2, 0) is 12.3 Å². The van der Waals surface area contributed by atoms with E-state index in [9.17, 15) is 0 Å². The summed E-state index contributed by atoms with van der Waals surface area (Å²) >= 11 is 1.83. The van der Waals surface area contributed by atoms with Crippen molar-refractivity contribution in [3.05, 3.63) is 65.5 Å². The van der Waals surface area contributed by atoms with Gasteiger partial charge in [0.1, 0.15) is 5.82 Å². The molecule has 0 spiro atoms. The normalized spacial score (nSPS) is 15.3. The highest BCUT2D eigenvalue weighted by molar-refractivity contribution is 7.98. The zero-order chi connectivity index (χ0) is 18.6. The third kappa shape index (κ3) is 4.13. The SMILES string of the molecule is Cc1nc(SCc2nccn2Cc2ccccc2)n(C2CCCCC2)c1C. The van der Waals surface area contributed by atoms with E-state index in [0.29, 0.717) is 6.04 Å². The van der Waals surface area contributed by atoms with E-state index < -0.39 is 0 Å². The average Bonchev–Trinajstić information content (AvgIpc) is 3.25. The second-order valence-corrected chi connectivity index (χ2v) is 8.42. The summed E-state index contributed by atoms with van der Waals surface area (Å²) in [5.74, 6) is 1.96. The number of imidazole rings is 2. The first-order chi connectivity index (χ1) is 13.2. The van der Waals surface area contributed by atoms with Crippen LogP contribution in [-0.4, -0.2) is 19.1 Å². The second-order valence-electron chi connectivity index (χ2n) is 7.47. The van der Waals surface area contributed by atoms with Gasteiger partial charge in [-0.1, -0.05) is 61.4 Å². The Kier molecular flexibility index (Phi) is 5.67. The lowest BCUT2D eigenvalue weighted by Gasteiger charge is -2.26. The minimum Gasteiger partial charge on any atom is -0.330 e. The van der Waals surface area contributed by atoms with Crippen molar-refractivity contribution in [2.75, 3.05) is 0 Å². The van der Waals surface area contributed by atoms with Gasteiger partial charge >= 0.3 is 0 Å². The van der Waals surface area contributed by atoms with Gasteiger partial charge in [-0.15, -0.1) is 0 Å². The molecule has 1 saturated carbocycles. The molecule has 0 saturated heterocycles. The van der Waals surface area contributed by atoms with Gasteiger partial charge in [-0.2, -0.15) is 0 Å². The molecule has 142 valence electrons. The van der Waals surface area contributed by atoms with E-state index in [4.69, 9.17) is 4.98 Å². The lowest BCUT2D eigenvalue weighted by Crippen LogP contribution is -2.15. The number of thioether (sulfide) groups is 1. The molecule has 0 N–H and O–H groups in total. The Morgan fingerprint density at radius 2 is 1.85 bits per heavy atom. The maximum Gasteiger partial charge on any atom is 0.169 e. The Labute approximate surface area is 166 Å². The van der Waals surface area contributed by atoms with E-state index in [1.54, 1.807) is 0 Å². The standard InChI is InChI=1S/C22H28N4S/c1-17-18(2)26(20-11-7-4-8-12-20)22(24-17)27-16-21-23-13-14-25(21)15-19-9-5-3-6-10-19/h3,5-6,9-10,13-14,20H,4,7-8,11-12,15-16H2,1-2H3. The number of nitrogens with zero attached hydrogens (tertiary/aromatic N) is 4. The van der Waals surface area contributed by atoms with Crippen molar-refractivity contribution < 1.29 is 0 Å². The van der Waals surface area contributed by atoms with Crippen molar-refractivity contribution in [2.24, 2.45) is 0 Å². The van der Waals surface area contributed by atoms with Crippen molar-refractivity contribution in [3.8, 4) is 0 Å². The number of hydrogen-bond donors (Lipinski definition) is 0. The van der Waals surface area contributed by atoms with Crippen molar-refractivity contribution in [1.82, 2.24) is 19.1 Å². The average molecular weight is 381 g/mol. The molecule has 0 amide bonds. The van der Waals surface area contributed by atoms with Crippen LogP contribution in [0.2, 0.25) is 0 Å². The van der Waals surface area contributed by atoms with E-state index in [2.05, 4.69) is 64.5 Å². The smallest absolute Gasteiger partial charge is 0.169 e. The van der Waals surface area contributed by atoms with Crippen LogP contribution in [0.25, 0.3) is 0 Å². The molecular weight excluding hydrogens is 352 g/mol. The highest BCUT2D eigenvalue weighted by atomic mass is 32.2. The predicted octanol–water partition coefficient (Wildman–Crippen LogP) is 5.54. The lowest BCUT2D eigenvalue weighted by molar-refractivity contribution is 0.332. The molecule has 0 atom stereocenters. The molecule has 2 heterocycles. The molecule has 1 aliphatic rings. The molecule has 4 rings (SSSR count). The molecule has 0 radical (unpaired) electrons. The number of rotatable bonds is 6. The first-order valence-electron chi connectivity index (χ1n) is 9.94. The van der Waals surface area contributed by atoms with Gasteiger partial charge in [-0.25, -0.2) is 9.97 Å². The van der Waals surface area contributed by atoms with Crippen molar-refractivity contribution in [2.45, 2.75) is 69.4 Å². The van der Waals surface area contributed by atoms with Gasteiger partial charge in [0.2, 0.25) is 0 Å². The molecule has 2 aromatic heterocycles.